The fourth-order valence-electron chi connectivity index (χ4n) is 2.20. The fraction of sp³-hybridized carbons (Fsp3) is 0.125. The zero-order valence-electron chi connectivity index (χ0n) is 12.5. The Morgan fingerprint density at radius 3 is 2.92 bits per heavy atom. The van der Waals surface area contributed by atoms with Crippen LogP contribution in [0.25, 0.3) is 10.9 Å². The van der Waals surface area contributed by atoms with Gasteiger partial charge in [-0.05, 0) is 30.3 Å². The molecule has 0 aliphatic carbocycles. The van der Waals surface area contributed by atoms with E-state index in [0.717, 1.165) is 0 Å². The lowest BCUT2D eigenvalue weighted by molar-refractivity contribution is -0.383. The summed E-state index contributed by atoms with van der Waals surface area (Å²) in [5, 5.41) is 14.1. The number of benzene rings is 1. The van der Waals surface area contributed by atoms with Crippen molar-refractivity contribution in [2.45, 2.75) is 6.54 Å². The smallest absolute Gasteiger partial charge is 0.279 e. The number of ether oxygens (including phenoxy) is 1. The van der Waals surface area contributed by atoms with E-state index < -0.39 is 4.92 Å². The second-order valence-electron chi connectivity index (χ2n) is 4.88. The molecule has 1 aromatic carbocycles. The minimum atomic E-state index is -0.482. The number of nitrogens with one attached hydrogen (secondary N) is 1. The summed E-state index contributed by atoms with van der Waals surface area (Å²) in [6.45, 7) is 0.0264. The number of nitrogens with zero attached hydrogens (tertiary/aromatic N) is 2. The van der Waals surface area contributed by atoms with Crippen molar-refractivity contribution < 1.29 is 18.9 Å². The number of carbonyl (C=O) groups is 1. The Kier molecular flexibility index (Phi) is 4.37. The summed E-state index contributed by atoms with van der Waals surface area (Å²) in [5.74, 6) is 0.601. The molecule has 0 aliphatic rings. The maximum absolute atomic E-state index is 11.8. The number of pyridine rings is 1. The number of hydrogen-bond acceptors (Lipinski definition) is 6. The number of amides is 1. The number of aromatic nitrogens is 1. The highest BCUT2D eigenvalue weighted by Gasteiger charge is 2.16. The number of non-ortho nitro benzene ring substituents is 1. The second-order valence-corrected chi connectivity index (χ2v) is 4.88. The Morgan fingerprint density at radius 2 is 2.17 bits per heavy atom. The largest absolute Gasteiger partial charge is 0.481 e. The molecular formula is C16H13N3O5. The van der Waals surface area contributed by atoms with Crippen LogP contribution in [0.5, 0.6) is 5.75 Å². The molecular weight excluding hydrogens is 314 g/mol. The Bertz CT molecular complexity index is 877. The zero-order chi connectivity index (χ0) is 16.9. The van der Waals surface area contributed by atoms with E-state index in [-0.39, 0.29) is 24.7 Å². The van der Waals surface area contributed by atoms with Crippen LogP contribution in [0, 0.1) is 10.1 Å². The molecule has 0 fully saturated rings. The Balaban J connectivity index is 1.70. The number of rotatable bonds is 6. The normalized spacial score (nSPS) is 10.5. The van der Waals surface area contributed by atoms with E-state index in [9.17, 15) is 14.9 Å². The van der Waals surface area contributed by atoms with Crippen molar-refractivity contribution in [1.82, 2.24) is 10.3 Å². The molecule has 24 heavy (non-hydrogen) atoms. The van der Waals surface area contributed by atoms with Crippen molar-refractivity contribution >= 4 is 22.5 Å². The van der Waals surface area contributed by atoms with Gasteiger partial charge in [-0.1, -0.05) is 0 Å². The van der Waals surface area contributed by atoms with Gasteiger partial charge in [-0.15, -0.1) is 0 Å². The molecule has 0 radical (unpaired) electrons. The molecule has 3 rings (SSSR count). The lowest BCUT2D eigenvalue weighted by Crippen LogP contribution is -2.28. The first-order chi connectivity index (χ1) is 11.6. The summed E-state index contributed by atoms with van der Waals surface area (Å²) in [6, 6.07) is 9.44. The van der Waals surface area contributed by atoms with Gasteiger partial charge in [0.2, 0.25) is 0 Å². The zero-order valence-corrected chi connectivity index (χ0v) is 12.5. The average Bonchev–Trinajstić information content (AvgIpc) is 3.11. The molecule has 3 aromatic rings. The van der Waals surface area contributed by atoms with E-state index in [1.165, 1.54) is 24.6 Å². The number of carbonyl (C=O) groups excluding carboxylic acids is 1. The predicted molar refractivity (Wildman–Crippen MR) is 84.4 cm³/mol. The topological polar surface area (TPSA) is 108 Å². The highest BCUT2D eigenvalue weighted by atomic mass is 16.6. The van der Waals surface area contributed by atoms with E-state index in [2.05, 4.69) is 10.3 Å². The maximum atomic E-state index is 11.8. The highest BCUT2D eigenvalue weighted by molar-refractivity contribution is 5.92. The highest BCUT2D eigenvalue weighted by Crippen LogP contribution is 2.31. The van der Waals surface area contributed by atoms with Gasteiger partial charge in [0.15, 0.2) is 6.61 Å². The van der Waals surface area contributed by atoms with Crippen LogP contribution in [0.3, 0.4) is 0 Å². The molecule has 0 saturated heterocycles. The van der Waals surface area contributed by atoms with Crippen molar-refractivity contribution in [2.24, 2.45) is 0 Å². The van der Waals surface area contributed by atoms with Crippen LogP contribution >= 0.6 is 0 Å². The predicted octanol–water partition coefficient (Wildman–Crippen LogP) is 2.43. The lowest BCUT2D eigenvalue weighted by Gasteiger charge is -2.09. The van der Waals surface area contributed by atoms with E-state index in [1.807, 2.05) is 0 Å². The average molecular weight is 327 g/mol. The number of furan rings is 1. The summed E-state index contributed by atoms with van der Waals surface area (Å²) in [4.78, 5) is 26.5. The van der Waals surface area contributed by atoms with Gasteiger partial charge >= 0.3 is 0 Å². The molecule has 0 unspecified atom stereocenters. The summed E-state index contributed by atoms with van der Waals surface area (Å²) in [5.41, 5.74) is 0.276. The van der Waals surface area contributed by atoms with Gasteiger partial charge in [-0.25, -0.2) is 0 Å². The Labute approximate surface area is 136 Å². The molecule has 0 atom stereocenters. The third-order valence-electron chi connectivity index (χ3n) is 3.30. The van der Waals surface area contributed by atoms with Crippen molar-refractivity contribution in [2.75, 3.05) is 6.61 Å². The van der Waals surface area contributed by atoms with Crippen molar-refractivity contribution in [3.05, 3.63) is 64.7 Å². The van der Waals surface area contributed by atoms with Crippen LogP contribution in [0.15, 0.2) is 53.3 Å². The van der Waals surface area contributed by atoms with Gasteiger partial charge in [-0.3, -0.25) is 19.9 Å². The van der Waals surface area contributed by atoms with Crippen molar-refractivity contribution in [3.8, 4) is 5.75 Å². The first-order valence-electron chi connectivity index (χ1n) is 7.09. The van der Waals surface area contributed by atoms with Crippen molar-refractivity contribution in [3.63, 3.8) is 0 Å². The summed E-state index contributed by atoms with van der Waals surface area (Å²) in [7, 11) is 0. The van der Waals surface area contributed by atoms with E-state index in [0.29, 0.717) is 22.4 Å². The molecule has 2 aromatic heterocycles. The molecule has 8 nitrogen and oxygen atoms in total. The molecule has 122 valence electrons. The van der Waals surface area contributed by atoms with E-state index in [1.54, 1.807) is 24.3 Å². The van der Waals surface area contributed by atoms with Gasteiger partial charge in [0, 0.05) is 12.3 Å². The van der Waals surface area contributed by atoms with E-state index in [4.69, 9.17) is 9.15 Å². The van der Waals surface area contributed by atoms with Crippen LogP contribution < -0.4 is 10.1 Å². The first kappa shape index (κ1) is 15.5. The second kappa shape index (κ2) is 6.78. The standard InChI is InChI=1S/C16H13N3O5/c20-15(18-9-11-3-2-8-23-11)10-24-14-6-5-13(19(21)22)12-4-1-7-17-16(12)14/h1-8H,9-10H2,(H,18,20). The molecule has 0 saturated carbocycles. The molecule has 0 spiro atoms. The SMILES string of the molecule is O=C(COc1ccc([N+](=O)[O-])c2cccnc12)NCc1ccco1. The van der Waals surface area contributed by atoms with Gasteiger partial charge in [0.25, 0.3) is 11.6 Å². The minimum absolute atomic E-state index is 0.0623. The van der Waals surface area contributed by atoms with Crippen LogP contribution in [0.4, 0.5) is 5.69 Å². The Morgan fingerprint density at radius 1 is 1.29 bits per heavy atom. The third kappa shape index (κ3) is 3.32. The number of nitro groups is 1. The molecule has 1 amide bonds. The van der Waals surface area contributed by atoms with Crippen LogP contribution in [-0.4, -0.2) is 22.4 Å². The summed E-state index contributed by atoms with van der Waals surface area (Å²) >= 11 is 0. The first-order valence-corrected chi connectivity index (χ1v) is 7.09. The molecule has 0 aliphatic heterocycles. The lowest BCUT2D eigenvalue weighted by atomic mass is 10.1. The van der Waals surface area contributed by atoms with Crippen LogP contribution in [0.2, 0.25) is 0 Å². The molecule has 8 heteroatoms. The monoisotopic (exact) mass is 327 g/mol. The maximum Gasteiger partial charge on any atom is 0.279 e. The number of nitro benzene ring substituents is 1. The van der Waals surface area contributed by atoms with Gasteiger partial charge in [0.1, 0.15) is 17.0 Å². The summed E-state index contributed by atoms with van der Waals surface area (Å²) < 4.78 is 10.6. The third-order valence-corrected chi connectivity index (χ3v) is 3.30. The van der Waals surface area contributed by atoms with E-state index >= 15 is 0 Å². The molecule has 1 N–H and O–H groups in total. The fourth-order valence-corrected chi connectivity index (χ4v) is 2.20. The van der Waals surface area contributed by atoms with Gasteiger partial charge in [-0.2, -0.15) is 0 Å². The Hall–Kier alpha value is -3.42. The van der Waals surface area contributed by atoms with Crippen molar-refractivity contribution in [1.29, 1.82) is 0 Å². The molecule has 0 bridgehead atoms. The number of hydrogen-bond donors (Lipinski definition) is 1. The van der Waals surface area contributed by atoms with Gasteiger partial charge < -0.3 is 14.5 Å². The quantitative estimate of drug-likeness (QED) is 0.550. The summed E-state index contributed by atoms with van der Waals surface area (Å²) in [6.07, 6.45) is 3.03. The van der Waals surface area contributed by atoms with Gasteiger partial charge in [0.05, 0.1) is 23.1 Å². The number of fused-ring (bicyclic) bond motifs is 1. The van der Waals surface area contributed by atoms with Crippen LogP contribution in [-0.2, 0) is 11.3 Å². The minimum Gasteiger partial charge on any atom is -0.481 e. The van der Waals surface area contributed by atoms with Crippen LogP contribution in [0.1, 0.15) is 5.76 Å². The molecule has 2 heterocycles.